The number of alkyl carbamates (subject to hydrolysis) is 1. The van der Waals surface area contributed by atoms with E-state index in [1.165, 1.54) is 0 Å². The van der Waals surface area contributed by atoms with E-state index < -0.39 is 47.2 Å². The fourth-order valence-electron chi connectivity index (χ4n) is 3.49. The smallest absolute Gasteiger partial charge is 0.408 e. The molecule has 2 atom stereocenters. The summed E-state index contributed by atoms with van der Waals surface area (Å²) in [5.41, 5.74) is 0.100. The molecule has 2 N–H and O–H groups in total. The van der Waals surface area contributed by atoms with Gasteiger partial charge in [0.25, 0.3) is 0 Å². The molecule has 0 radical (unpaired) electrons. The van der Waals surface area contributed by atoms with Crippen molar-refractivity contribution in [2.45, 2.75) is 90.7 Å². The van der Waals surface area contributed by atoms with Crippen molar-refractivity contribution in [2.75, 3.05) is 0 Å². The lowest BCUT2D eigenvalue weighted by atomic mass is 10.0. The van der Waals surface area contributed by atoms with Crippen molar-refractivity contribution in [2.24, 2.45) is 0 Å². The summed E-state index contributed by atoms with van der Waals surface area (Å²) in [4.78, 5) is 51.0. The lowest BCUT2D eigenvalue weighted by Crippen LogP contribution is -2.47. The molecule has 0 fully saturated rings. The zero-order chi connectivity index (χ0) is 29.1. The molecule has 0 saturated carbocycles. The number of hydrogen-bond donors (Lipinski definition) is 2. The van der Waals surface area contributed by atoms with Crippen LogP contribution >= 0.6 is 0 Å². The number of benzene rings is 2. The third-order valence-electron chi connectivity index (χ3n) is 5.17. The number of carbonyl (C=O) groups is 4. The fraction of sp³-hybridized carbons (Fsp3) is 0.467. The summed E-state index contributed by atoms with van der Waals surface area (Å²) in [5, 5.41) is 5.23. The topological polar surface area (TPSA) is 120 Å². The fourth-order valence-corrected chi connectivity index (χ4v) is 3.49. The third-order valence-corrected chi connectivity index (χ3v) is 5.17. The largest absolute Gasteiger partial charge is 0.458 e. The molecule has 39 heavy (non-hydrogen) atoms. The molecule has 2 aromatic carbocycles. The Labute approximate surface area is 230 Å². The Morgan fingerprint density at radius 1 is 0.692 bits per heavy atom. The summed E-state index contributed by atoms with van der Waals surface area (Å²) in [6, 6.07) is 16.3. The Bertz CT molecular complexity index is 1090. The molecule has 9 heteroatoms. The van der Waals surface area contributed by atoms with E-state index in [0.717, 1.165) is 11.1 Å². The normalized spacial score (nSPS) is 13.0. The molecule has 0 unspecified atom stereocenters. The van der Waals surface area contributed by atoms with Gasteiger partial charge in [-0.3, -0.25) is 4.79 Å². The van der Waals surface area contributed by atoms with Gasteiger partial charge in [-0.05, 0) is 59.1 Å². The molecule has 0 heterocycles. The number of ether oxygens (including phenoxy) is 3. The second kappa shape index (κ2) is 14.3. The molecule has 2 rings (SSSR count). The Morgan fingerprint density at radius 3 is 1.69 bits per heavy atom. The van der Waals surface area contributed by atoms with E-state index in [1.807, 2.05) is 48.5 Å². The van der Waals surface area contributed by atoms with Crippen molar-refractivity contribution < 1.29 is 33.4 Å². The number of nitrogens with one attached hydrogen (secondary N) is 2. The molecule has 2 amide bonds. The van der Waals surface area contributed by atoms with E-state index in [0.29, 0.717) is 0 Å². The van der Waals surface area contributed by atoms with Crippen LogP contribution in [-0.4, -0.2) is 47.2 Å². The first kappa shape index (κ1) is 31.3. The highest BCUT2D eigenvalue weighted by molar-refractivity contribution is 5.86. The number of esters is 2. The van der Waals surface area contributed by atoms with Crippen molar-refractivity contribution in [1.29, 1.82) is 0 Å². The summed E-state index contributed by atoms with van der Waals surface area (Å²) in [6.07, 6.45) is -0.795. The molecule has 0 aliphatic rings. The highest BCUT2D eigenvalue weighted by Gasteiger charge is 2.30. The molecule has 9 nitrogen and oxygen atoms in total. The van der Waals surface area contributed by atoms with Crippen LogP contribution in [-0.2, 0) is 41.6 Å². The van der Waals surface area contributed by atoms with E-state index in [1.54, 1.807) is 53.7 Å². The highest BCUT2D eigenvalue weighted by atomic mass is 16.6. The third kappa shape index (κ3) is 13.0. The molecular formula is C30H40N2O7. The van der Waals surface area contributed by atoms with Gasteiger partial charge >= 0.3 is 18.0 Å². The van der Waals surface area contributed by atoms with Gasteiger partial charge in [0.1, 0.15) is 29.9 Å². The van der Waals surface area contributed by atoms with E-state index in [9.17, 15) is 19.2 Å². The van der Waals surface area contributed by atoms with Crippen LogP contribution in [0.15, 0.2) is 60.7 Å². The van der Waals surface area contributed by atoms with Gasteiger partial charge in [-0.15, -0.1) is 0 Å². The monoisotopic (exact) mass is 540 g/mol. The quantitative estimate of drug-likeness (QED) is 0.319. The van der Waals surface area contributed by atoms with Gasteiger partial charge in [0, 0.05) is 12.8 Å². The highest BCUT2D eigenvalue weighted by Crippen LogP contribution is 2.14. The summed E-state index contributed by atoms with van der Waals surface area (Å²) in [6.45, 7) is 10.4. The van der Waals surface area contributed by atoms with Crippen LogP contribution in [0.2, 0.25) is 0 Å². The second-order valence-corrected chi connectivity index (χ2v) is 11.2. The van der Waals surface area contributed by atoms with Crippen molar-refractivity contribution in [1.82, 2.24) is 10.6 Å². The minimum atomic E-state index is -1.13. The zero-order valence-electron chi connectivity index (χ0n) is 23.6. The first-order valence-corrected chi connectivity index (χ1v) is 13.0. The minimum Gasteiger partial charge on any atom is -0.458 e. The van der Waals surface area contributed by atoms with Crippen molar-refractivity contribution >= 4 is 23.9 Å². The van der Waals surface area contributed by atoms with Gasteiger partial charge in [0.2, 0.25) is 5.91 Å². The molecule has 0 aliphatic heterocycles. The molecule has 0 aromatic heterocycles. The van der Waals surface area contributed by atoms with Crippen molar-refractivity contribution in [3.63, 3.8) is 0 Å². The van der Waals surface area contributed by atoms with Crippen LogP contribution in [0.25, 0.3) is 0 Å². The lowest BCUT2D eigenvalue weighted by molar-refractivity contribution is -0.159. The zero-order valence-corrected chi connectivity index (χ0v) is 23.6. The Balaban J connectivity index is 2.05. The van der Waals surface area contributed by atoms with Crippen LogP contribution < -0.4 is 10.6 Å². The number of carbonyl (C=O) groups excluding carboxylic acids is 4. The van der Waals surface area contributed by atoms with Gasteiger partial charge in [-0.2, -0.15) is 0 Å². The van der Waals surface area contributed by atoms with Gasteiger partial charge in [-0.1, -0.05) is 60.7 Å². The maximum absolute atomic E-state index is 12.9. The van der Waals surface area contributed by atoms with E-state index in [4.69, 9.17) is 14.2 Å². The first-order chi connectivity index (χ1) is 18.2. The van der Waals surface area contributed by atoms with E-state index >= 15 is 0 Å². The molecule has 2 aromatic rings. The van der Waals surface area contributed by atoms with Gasteiger partial charge in [0.05, 0.1) is 0 Å². The Kier molecular flexibility index (Phi) is 11.5. The van der Waals surface area contributed by atoms with Crippen LogP contribution in [0, 0.1) is 0 Å². The minimum absolute atomic E-state index is 0.0191. The standard InChI is InChI=1S/C30H40N2O7/c1-29(2,3)38-26(34)23(32-28(36)37-20-22-15-11-8-12-16-22)17-18-25(33)31-24(27(35)39-30(4,5)6)19-21-13-9-7-10-14-21/h7-16,23-24H,17-20H2,1-6H3,(H,31,33)(H,32,36)/t23-,24+/m0/s1. The molecule has 0 saturated heterocycles. The lowest BCUT2D eigenvalue weighted by Gasteiger charge is -2.26. The average Bonchev–Trinajstić information content (AvgIpc) is 2.84. The number of rotatable bonds is 11. The molecule has 0 aliphatic carbocycles. The van der Waals surface area contributed by atoms with Gasteiger partial charge < -0.3 is 24.8 Å². The van der Waals surface area contributed by atoms with Crippen LogP contribution in [0.5, 0.6) is 0 Å². The van der Waals surface area contributed by atoms with Gasteiger partial charge in [-0.25, -0.2) is 14.4 Å². The number of amides is 2. The average molecular weight is 541 g/mol. The summed E-state index contributed by atoms with van der Waals surface area (Å²) < 4.78 is 16.2. The summed E-state index contributed by atoms with van der Waals surface area (Å²) in [5.74, 6) is -1.74. The maximum atomic E-state index is 12.9. The number of hydrogen-bond acceptors (Lipinski definition) is 7. The Morgan fingerprint density at radius 2 is 1.18 bits per heavy atom. The Hall–Kier alpha value is -3.88. The summed E-state index contributed by atoms with van der Waals surface area (Å²) >= 11 is 0. The summed E-state index contributed by atoms with van der Waals surface area (Å²) in [7, 11) is 0. The second-order valence-electron chi connectivity index (χ2n) is 11.2. The van der Waals surface area contributed by atoms with Crippen LogP contribution in [0.1, 0.15) is 65.5 Å². The molecular weight excluding hydrogens is 500 g/mol. The molecule has 0 bridgehead atoms. The predicted molar refractivity (Wildman–Crippen MR) is 147 cm³/mol. The SMILES string of the molecule is CC(C)(C)OC(=O)[C@H](CCC(=O)N[C@H](Cc1ccccc1)C(=O)OC(C)(C)C)NC(=O)OCc1ccccc1. The maximum Gasteiger partial charge on any atom is 0.408 e. The predicted octanol–water partition coefficient (Wildman–Crippen LogP) is 4.47. The van der Waals surface area contributed by atoms with Crippen molar-refractivity contribution in [3.05, 3.63) is 71.8 Å². The molecule has 212 valence electrons. The van der Waals surface area contributed by atoms with Crippen LogP contribution in [0.3, 0.4) is 0 Å². The van der Waals surface area contributed by atoms with Crippen molar-refractivity contribution in [3.8, 4) is 0 Å². The molecule has 0 spiro atoms. The first-order valence-electron chi connectivity index (χ1n) is 13.0. The van der Waals surface area contributed by atoms with E-state index in [2.05, 4.69) is 10.6 Å². The van der Waals surface area contributed by atoms with E-state index in [-0.39, 0.29) is 25.9 Å². The van der Waals surface area contributed by atoms with Crippen LogP contribution in [0.4, 0.5) is 4.79 Å². The van der Waals surface area contributed by atoms with Gasteiger partial charge in [0.15, 0.2) is 0 Å².